The number of anilines is 1. The van der Waals surface area contributed by atoms with Crippen LogP contribution >= 0.6 is 0 Å². The molecule has 3 aliphatic rings. The van der Waals surface area contributed by atoms with Gasteiger partial charge in [0.25, 0.3) is 5.91 Å². The predicted molar refractivity (Wildman–Crippen MR) is 130 cm³/mol. The molecule has 0 bridgehead atoms. The molecule has 5 nitrogen and oxygen atoms in total. The van der Waals surface area contributed by atoms with E-state index in [0.29, 0.717) is 36.0 Å². The van der Waals surface area contributed by atoms with Gasteiger partial charge in [-0.2, -0.15) is 0 Å². The van der Waals surface area contributed by atoms with Gasteiger partial charge in [-0.25, -0.2) is 8.78 Å². The maximum atomic E-state index is 13.4. The first-order valence-corrected chi connectivity index (χ1v) is 12.2. The molecule has 0 spiro atoms. The van der Waals surface area contributed by atoms with Gasteiger partial charge in [-0.15, -0.1) is 0 Å². The quantitative estimate of drug-likeness (QED) is 0.343. The van der Waals surface area contributed by atoms with Crippen LogP contribution in [0, 0.1) is 18.3 Å². The first-order valence-electron chi connectivity index (χ1n) is 12.2. The standard InChI is InChI=1S/C27H35F2N3O2/c1-19-6-7-23(24(15-19)32-14-12-26(2)16-20(26)17-32)25(34)30-21(18-33)5-4-13-31(3)22-8-10-27(28,29)11-9-22/h4-7,13,15,18,20,22H,8-12,14,16-17H2,1-3H3,(H,30,34)/b13-4-,21-5+. The third-order valence-electron chi connectivity index (χ3n) is 7.91. The van der Waals surface area contributed by atoms with Gasteiger partial charge in [0, 0.05) is 44.7 Å². The molecule has 2 saturated carbocycles. The number of nitrogens with zero attached hydrogens (tertiary/aromatic N) is 2. The van der Waals surface area contributed by atoms with Gasteiger partial charge in [-0.3, -0.25) is 9.59 Å². The van der Waals surface area contributed by atoms with Gasteiger partial charge in [0.1, 0.15) is 0 Å². The summed E-state index contributed by atoms with van der Waals surface area (Å²) >= 11 is 0. The van der Waals surface area contributed by atoms with E-state index in [2.05, 4.69) is 17.1 Å². The number of amides is 1. The Kier molecular flexibility index (Phi) is 6.83. The number of carbonyl (C=O) groups excluding carboxylic acids is 2. The van der Waals surface area contributed by atoms with Gasteiger partial charge in [-0.1, -0.05) is 13.0 Å². The minimum absolute atomic E-state index is 0.0477. The summed E-state index contributed by atoms with van der Waals surface area (Å²) in [5, 5.41) is 2.73. The Morgan fingerprint density at radius 3 is 2.65 bits per heavy atom. The highest BCUT2D eigenvalue weighted by atomic mass is 19.3. The lowest BCUT2D eigenvalue weighted by Gasteiger charge is -2.33. The number of piperidine rings is 1. The van der Waals surface area contributed by atoms with Crippen LogP contribution < -0.4 is 10.2 Å². The molecule has 1 amide bonds. The molecule has 1 heterocycles. The van der Waals surface area contributed by atoms with Crippen LogP contribution in [0.5, 0.6) is 0 Å². The molecule has 1 aromatic rings. The van der Waals surface area contributed by atoms with Crippen molar-refractivity contribution in [1.82, 2.24) is 10.2 Å². The Balaban J connectivity index is 1.40. The molecule has 34 heavy (non-hydrogen) atoms. The molecule has 1 N–H and O–H groups in total. The average molecular weight is 472 g/mol. The topological polar surface area (TPSA) is 52.7 Å². The van der Waals surface area contributed by atoms with E-state index in [1.54, 1.807) is 18.4 Å². The van der Waals surface area contributed by atoms with Crippen LogP contribution in [0.4, 0.5) is 14.5 Å². The smallest absolute Gasteiger partial charge is 0.257 e. The summed E-state index contributed by atoms with van der Waals surface area (Å²) in [6.07, 6.45) is 8.64. The van der Waals surface area contributed by atoms with Crippen LogP contribution in [0.25, 0.3) is 0 Å². The number of carbonyl (C=O) groups is 2. The normalized spacial score (nSPS) is 26.8. The number of hydrogen-bond donors (Lipinski definition) is 1. The van der Waals surface area contributed by atoms with Crippen molar-refractivity contribution in [3.05, 3.63) is 53.4 Å². The summed E-state index contributed by atoms with van der Waals surface area (Å²) in [4.78, 5) is 28.9. The van der Waals surface area contributed by atoms with E-state index in [4.69, 9.17) is 0 Å². The number of hydrogen-bond acceptors (Lipinski definition) is 4. The van der Waals surface area contributed by atoms with Crippen molar-refractivity contribution in [2.45, 2.75) is 64.3 Å². The number of aldehydes is 1. The number of allylic oxidation sites excluding steroid dienone is 3. The van der Waals surface area contributed by atoms with Gasteiger partial charge in [0.2, 0.25) is 5.92 Å². The highest BCUT2D eigenvalue weighted by molar-refractivity contribution is 6.02. The van der Waals surface area contributed by atoms with Crippen molar-refractivity contribution in [1.29, 1.82) is 0 Å². The molecule has 3 fully saturated rings. The predicted octanol–water partition coefficient (Wildman–Crippen LogP) is 5.07. The molecule has 1 aromatic carbocycles. The zero-order chi connectivity index (χ0) is 24.5. The van der Waals surface area contributed by atoms with E-state index in [9.17, 15) is 18.4 Å². The van der Waals surface area contributed by atoms with Crippen molar-refractivity contribution < 1.29 is 18.4 Å². The first kappa shape index (κ1) is 24.4. The fourth-order valence-electron chi connectivity index (χ4n) is 5.30. The molecule has 0 radical (unpaired) electrons. The van der Waals surface area contributed by atoms with Gasteiger partial charge >= 0.3 is 0 Å². The second-order valence-electron chi connectivity index (χ2n) is 10.6. The average Bonchev–Trinajstić information content (AvgIpc) is 3.48. The number of alkyl halides is 2. The summed E-state index contributed by atoms with van der Waals surface area (Å²) in [7, 11) is 1.85. The van der Waals surface area contributed by atoms with Gasteiger partial charge in [0.15, 0.2) is 6.29 Å². The number of halogens is 2. The van der Waals surface area contributed by atoms with Crippen molar-refractivity contribution in [3.63, 3.8) is 0 Å². The highest BCUT2D eigenvalue weighted by Gasteiger charge is 2.52. The van der Waals surface area contributed by atoms with E-state index in [1.807, 2.05) is 37.1 Å². The van der Waals surface area contributed by atoms with Crippen molar-refractivity contribution in [2.24, 2.45) is 11.3 Å². The molecule has 7 heteroatoms. The number of fused-ring (bicyclic) bond motifs is 1. The Morgan fingerprint density at radius 2 is 1.97 bits per heavy atom. The molecule has 1 saturated heterocycles. The number of nitrogens with one attached hydrogen (secondary N) is 1. The summed E-state index contributed by atoms with van der Waals surface area (Å²) < 4.78 is 26.8. The van der Waals surface area contributed by atoms with Crippen molar-refractivity contribution in [3.8, 4) is 0 Å². The largest absolute Gasteiger partial charge is 0.377 e. The summed E-state index contributed by atoms with van der Waals surface area (Å²) in [6, 6.07) is 5.83. The molecule has 1 aliphatic heterocycles. The summed E-state index contributed by atoms with van der Waals surface area (Å²) in [6.45, 7) is 6.24. The molecule has 2 unspecified atom stereocenters. The highest BCUT2D eigenvalue weighted by Crippen LogP contribution is 2.57. The summed E-state index contributed by atoms with van der Waals surface area (Å²) in [5.41, 5.74) is 3.19. The number of rotatable bonds is 7. The van der Waals surface area contributed by atoms with E-state index in [-0.39, 0.29) is 30.5 Å². The molecular weight excluding hydrogens is 436 g/mol. The van der Waals surface area contributed by atoms with Crippen molar-refractivity contribution >= 4 is 17.9 Å². The fraction of sp³-hybridized carbons (Fsp3) is 0.556. The molecular formula is C27H35F2N3O2. The molecule has 4 rings (SSSR count). The maximum absolute atomic E-state index is 13.4. The maximum Gasteiger partial charge on any atom is 0.257 e. The van der Waals surface area contributed by atoms with Crippen LogP contribution in [0.15, 0.2) is 42.2 Å². The SMILES string of the molecule is Cc1ccc(C(=O)N/C(C=O)=C/C=C\N(C)C2CCC(F)(F)CC2)c(N2CCC3(C)CC3C2)c1. The zero-order valence-corrected chi connectivity index (χ0v) is 20.3. The first-order chi connectivity index (χ1) is 16.1. The molecule has 2 aliphatic carbocycles. The number of benzene rings is 1. The Bertz CT molecular complexity index is 996. The van der Waals surface area contributed by atoms with Gasteiger partial charge in [-0.05, 0) is 80.0 Å². The van der Waals surface area contributed by atoms with Crippen LogP contribution in [-0.2, 0) is 4.79 Å². The Labute approximate surface area is 200 Å². The molecule has 2 atom stereocenters. The second-order valence-corrected chi connectivity index (χ2v) is 10.6. The van der Waals surface area contributed by atoms with E-state index < -0.39 is 5.92 Å². The van der Waals surface area contributed by atoms with Gasteiger partial charge in [0.05, 0.1) is 11.3 Å². The third kappa shape index (κ3) is 5.50. The van der Waals surface area contributed by atoms with Crippen LogP contribution in [-0.4, -0.2) is 49.2 Å². The van der Waals surface area contributed by atoms with Crippen LogP contribution in [0.3, 0.4) is 0 Å². The van der Waals surface area contributed by atoms with E-state index >= 15 is 0 Å². The van der Waals surface area contributed by atoms with Crippen molar-refractivity contribution in [2.75, 3.05) is 25.0 Å². The van der Waals surface area contributed by atoms with E-state index in [0.717, 1.165) is 30.8 Å². The van der Waals surface area contributed by atoms with Gasteiger partial charge < -0.3 is 15.1 Å². The fourth-order valence-corrected chi connectivity index (χ4v) is 5.30. The Hall–Kier alpha value is -2.70. The lowest BCUT2D eigenvalue weighted by Crippen LogP contribution is -2.36. The lowest BCUT2D eigenvalue weighted by atomic mass is 9.91. The molecule has 184 valence electrons. The monoisotopic (exact) mass is 471 g/mol. The van der Waals surface area contributed by atoms with E-state index in [1.165, 1.54) is 6.42 Å². The minimum Gasteiger partial charge on any atom is -0.377 e. The summed E-state index contributed by atoms with van der Waals surface area (Å²) in [5.74, 6) is -2.19. The Morgan fingerprint density at radius 1 is 1.24 bits per heavy atom. The number of aryl methyl sites for hydroxylation is 1. The zero-order valence-electron chi connectivity index (χ0n) is 20.3. The lowest BCUT2D eigenvalue weighted by molar-refractivity contribution is -0.105. The second kappa shape index (κ2) is 9.51. The minimum atomic E-state index is -2.56. The molecule has 0 aromatic heterocycles. The third-order valence-corrected chi connectivity index (χ3v) is 7.91. The van der Waals surface area contributed by atoms with Crippen LogP contribution in [0.2, 0.25) is 0 Å². The van der Waals surface area contributed by atoms with Crippen LogP contribution in [0.1, 0.15) is 61.4 Å².